The van der Waals surface area contributed by atoms with Crippen LogP contribution in [0.1, 0.15) is 56.1 Å². The third-order valence-corrected chi connectivity index (χ3v) is 5.43. The summed E-state index contributed by atoms with van der Waals surface area (Å²) in [5, 5.41) is 0. The Hall–Kier alpha value is -3.48. The molecule has 1 saturated heterocycles. The topological polar surface area (TPSA) is 97.9 Å². The predicted molar refractivity (Wildman–Crippen MR) is 125 cm³/mol. The number of amidine groups is 1. The normalized spacial score (nSPS) is 18.0. The SMILES string of the molecule is CC(C)(C)OC(=O)[C@@H]1CCCN1C(=O)c1ccc(-c2ccc3c(c2)N=C(N)CC=C3)cn1. The van der Waals surface area contributed by atoms with Crippen molar-refractivity contribution in [2.24, 2.45) is 10.7 Å². The van der Waals surface area contributed by atoms with Crippen molar-refractivity contribution in [2.75, 3.05) is 6.54 Å². The third-order valence-electron chi connectivity index (χ3n) is 5.43. The minimum Gasteiger partial charge on any atom is -0.458 e. The fourth-order valence-corrected chi connectivity index (χ4v) is 3.93. The monoisotopic (exact) mass is 432 g/mol. The molecule has 0 unspecified atom stereocenters. The van der Waals surface area contributed by atoms with E-state index in [1.54, 1.807) is 17.2 Å². The van der Waals surface area contributed by atoms with Crippen molar-refractivity contribution in [3.63, 3.8) is 0 Å². The molecule has 4 rings (SSSR count). The second-order valence-corrected chi connectivity index (χ2v) is 9.11. The molecule has 0 saturated carbocycles. The Morgan fingerprint density at radius 1 is 1.16 bits per heavy atom. The maximum atomic E-state index is 13.1. The van der Waals surface area contributed by atoms with Gasteiger partial charge in [0.05, 0.1) is 5.69 Å². The summed E-state index contributed by atoms with van der Waals surface area (Å²) in [5.41, 5.74) is 9.28. The fraction of sp³-hybridized carbons (Fsp3) is 0.360. The van der Waals surface area contributed by atoms with E-state index in [4.69, 9.17) is 10.5 Å². The number of esters is 1. The molecule has 1 fully saturated rings. The maximum absolute atomic E-state index is 13.1. The summed E-state index contributed by atoms with van der Waals surface area (Å²) >= 11 is 0. The van der Waals surface area contributed by atoms with Gasteiger partial charge in [-0.3, -0.25) is 9.78 Å². The number of nitrogens with zero attached hydrogens (tertiary/aromatic N) is 3. The van der Waals surface area contributed by atoms with Crippen LogP contribution in [-0.2, 0) is 9.53 Å². The number of carbonyl (C=O) groups is 2. The molecule has 0 spiro atoms. The van der Waals surface area contributed by atoms with Crippen molar-refractivity contribution in [3.05, 3.63) is 53.9 Å². The minimum absolute atomic E-state index is 0.255. The molecule has 1 aromatic heterocycles. The number of ether oxygens (including phenoxy) is 1. The van der Waals surface area contributed by atoms with Crippen LogP contribution in [0.2, 0.25) is 0 Å². The molecule has 166 valence electrons. The van der Waals surface area contributed by atoms with Crippen molar-refractivity contribution < 1.29 is 14.3 Å². The van der Waals surface area contributed by atoms with Gasteiger partial charge in [-0.2, -0.15) is 0 Å². The lowest BCUT2D eigenvalue weighted by molar-refractivity contribution is -0.159. The largest absolute Gasteiger partial charge is 0.458 e. The summed E-state index contributed by atoms with van der Waals surface area (Å²) in [6.45, 7) is 5.99. The molecule has 2 aliphatic heterocycles. The number of rotatable bonds is 3. The van der Waals surface area contributed by atoms with Gasteiger partial charge in [0.25, 0.3) is 5.91 Å². The van der Waals surface area contributed by atoms with Crippen LogP contribution in [0.25, 0.3) is 17.2 Å². The Kier molecular flexibility index (Phi) is 5.82. The first-order valence-corrected chi connectivity index (χ1v) is 10.9. The van der Waals surface area contributed by atoms with Crippen molar-refractivity contribution in [1.29, 1.82) is 0 Å². The molecule has 0 aliphatic carbocycles. The Morgan fingerprint density at radius 3 is 2.66 bits per heavy atom. The molecule has 3 heterocycles. The molecule has 2 aromatic rings. The van der Waals surface area contributed by atoms with Gasteiger partial charge in [0.2, 0.25) is 0 Å². The molecule has 2 N–H and O–H groups in total. The van der Waals surface area contributed by atoms with Crippen molar-refractivity contribution >= 4 is 29.5 Å². The lowest BCUT2D eigenvalue weighted by atomic mass is 10.0. The van der Waals surface area contributed by atoms with Crippen LogP contribution in [0, 0.1) is 0 Å². The highest BCUT2D eigenvalue weighted by molar-refractivity contribution is 5.96. The second-order valence-electron chi connectivity index (χ2n) is 9.11. The van der Waals surface area contributed by atoms with Gasteiger partial charge in [-0.15, -0.1) is 0 Å². The summed E-state index contributed by atoms with van der Waals surface area (Å²) in [7, 11) is 0. The van der Waals surface area contributed by atoms with Gasteiger partial charge >= 0.3 is 5.97 Å². The van der Waals surface area contributed by atoms with E-state index in [1.807, 2.05) is 57.2 Å². The van der Waals surface area contributed by atoms with E-state index in [9.17, 15) is 9.59 Å². The molecule has 2 aliphatic rings. The zero-order valence-corrected chi connectivity index (χ0v) is 18.7. The average molecular weight is 433 g/mol. The summed E-state index contributed by atoms with van der Waals surface area (Å²) < 4.78 is 5.50. The van der Waals surface area contributed by atoms with E-state index in [-0.39, 0.29) is 11.9 Å². The Labute approximate surface area is 188 Å². The molecule has 1 amide bonds. The number of hydrogen-bond acceptors (Lipinski definition) is 6. The maximum Gasteiger partial charge on any atom is 0.329 e. The number of hydrogen-bond donors (Lipinski definition) is 1. The number of aliphatic imine (C=N–C) groups is 1. The molecule has 7 heteroatoms. The molecule has 1 aromatic carbocycles. The Morgan fingerprint density at radius 2 is 1.94 bits per heavy atom. The van der Waals surface area contributed by atoms with Gasteiger partial charge in [0.15, 0.2) is 0 Å². The van der Waals surface area contributed by atoms with E-state index in [0.29, 0.717) is 30.9 Å². The quantitative estimate of drug-likeness (QED) is 0.737. The fourth-order valence-electron chi connectivity index (χ4n) is 3.93. The molecular formula is C25H28N4O3. The van der Waals surface area contributed by atoms with E-state index in [0.717, 1.165) is 28.8 Å². The standard InChI is InChI=1S/C25H28N4O3/c1-25(2,3)32-24(31)21-7-5-13-29(21)23(30)19-12-11-18(15-27-19)17-10-9-16-6-4-8-22(26)28-20(16)14-17/h4,6,9-12,14-15,21H,5,7-8,13H2,1-3H3,(H2,26,28)/t21-/m0/s1. The number of pyridine rings is 1. The number of likely N-dealkylation sites (tertiary alicyclic amines) is 1. The van der Waals surface area contributed by atoms with Crippen LogP contribution in [0.15, 0.2) is 47.6 Å². The van der Waals surface area contributed by atoms with Crippen LogP contribution in [0.5, 0.6) is 0 Å². The summed E-state index contributed by atoms with van der Waals surface area (Å²) in [5.74, 6) is -0.0467. The van der Waals surface area contributed by atoms with E-state index in [1.165, 1.54) is 0 Å². The number of carbonyl (C=O) groups excluding carboxylic acids is 2. The lowest BCUT2D eigenvalue weighted by Crippen LogP contribution is -2.43. The first-order valence-electron chi connectivity index (χ1n) is 10.9. The van der Waals surface area contributed by atoms with Crippen molar-refractivity contribution in [2.45, 2.75) is 51.7 Å². The highest BCUT2D eigenvalue weighted by atomic mass is 16.6. The van der Waals surface area contributed by atoms with E-state index >= 15 is 0 Å². The van der Waals surface area contributed by atoms with Crippen LogP contribution in [-0.4, -0.2) is 45.8 Å². The summed E-state index contributed by atoms with van der Waals surface area (Å²) in [6.07, 6.45) is 7.68. The van der Waals surface area contributed by atoms with Crippen LogP contribution in [0.3, 0.4) is 0 Å². The summed E-state index contributed by atoms with van der Waals surface area (Å²) in [4.78, 5) is 36.1. The average Bonchev–Trinajstić information content (AvgIpc) is 3.15. The molecular weight excluding hydrogens is 404 g/mol. The first kappa shape index (κ1) is 21.7. The molecule has 0 bridgehead atoms. The zero-order valence-electron chi connectivity index (χ0n) is 18.7. The van der Waals surface area contributed by atoms with Crippen LogP contribution < -0.4 is 5.73 Å². The minimum atomic E-state index is -0.591. The molecule has 32 heavy (non-hydrogen) atoms. The van der Waals surface area contributed by atoms with Gasteiger partial charge in [0, 0.05) is 24.7 Å². The van der Waals surface area contributed by atoms with Crippen LogP contribution >= 0.6 is 0 Å². The van der Waals surface area contributed by atoms with Gasteiger partial charge in [0.1, 0.15) is 23.2 Å². The first-order chi connectivity index (χ1) is 15.2. The van der Waals surface area contributed by atoms with Crippen LogP contribution in [0.4, 0.5) is 5.69 Å². The predicted octanol–water partition coefficient (Wildman–Crippen LogP) is 4.10. The Balaban J connectivity index is 1.53. The van der Waals surface area contributed by atoms with Crippen molar-refractivity contribution in [3.8, 4) is 11.1 Å². The van der Waals surface area contributed by atoms with E-state index in [2.05, 4.69) is 9.98 Å². The number of amides is 1. The smallest absolute Gasteiger partial charge is 0.329 e. The van der Waals surface area contributed by atoms with Gasteiger partial charge < -0.3 is 15.4 Å². The zero-order chi connectivity index (χ0) is 22.9. The highest BCUT2D eigenvalue weighted by Gasteiger charge is 2.37. The lowest BCUT2D eigenvalue weighted by Gasteiger charge is -2.27. The highest BCUT2D eigenvalue weighted by Crippen LogP contribution is 2.30. The van der Waals surface area contributed by atoms with Gasteiger partial charge in [-0.1, -0.05) is 30.4 Å². The molecule has 1 atom stereocenters. The van der Waals surface area contributed by atoms with Crippen molar-refractivity contribution in [1.82, 2.24) is 9.88 Å². The third kappa shape index (κ3) is 4.72. The number of aromatic nitrogens is 1. The van der Waals surface area contributed by atoms with E-state index < -0.39 is 11.6 Å². The number of nitrogens with two attached hydrogens (primary N) is 1. The number of fused-ring (bicyclic) bond motifs is 1. The summed E-state index contributed by atoms with van der Waals surface area (Å²) in [6, 6.07) is 8.96. The second kappa shape index (κ2) is 8.57. The Bertz CT molecular complexity index is 1100. The molecule has 7 nitrogen and oxygen atoms in total. The van der Waals surface area contributed by atoms with Gasteiger partial charge in [-0.25, -0.2) is 9.79 Å². The van der Waals surface area contributed by atoms with Gasteiger partial charge in [-0.05, 0) is 56.9 Å². The molecule has 0 radical (unpaired) electrons. The number of benzene rings is 1.